The molecule has 4 heteroatoms. The summed E-state index contributed by atoms with van der Waals surface area (Å²) < 4.78 is 5.34. The minimum absolute atomic E-state index is 0.303. The first-order chi connectivity index (χ1) is 8.39. The van der Waals surface area contributed by atoms with Crippen LogP contribution in [0.2, 0.25) is 0 Å². The van der Waals surface area contributed by atoms with E-state index in [9.17, 15) is 4.79 Å². The second-order valence-corrected chi connectivity index (χ2v) is 5.40. The van der Waals surface area contributed by atoms with Gasteiger partial charge in [-0.2, -0.15) is 0 Å². The standard InChI is InChI=1S/C14H16N2O2/c1-14(2,3)18-13(17)16-8-10-5-6-12(15-4)7-11(10)9-16/h5-7H,8-9H2,1-3H3. The molecule has 0 aromatic heterocycles. The molecule has 0 bridgehead atoms. The number of rotatable bonds is 0. The molecular weight excluding hydrogens is 228 g/mol. The lowest BCUT2D eigenvalue weighted by molar-refractivity contribution is 0.0242. The van der Waals surface area contributed by atoms with Gasteiger partial charge < -0.3 is 4.74 Å². The van der Waals surface area contributed by atoms with Gasteiger partial charge in [0.25, 0.3) is 0 Å². The number of ether oxygens (including phenoxy) is 1. The molecule has 0 unspecified atom stereocenters. The topological polar surface area (TPSA) is 33.9 Å². The molecule has 0 atom stereocenters. The molecule has 0 aliphatic carbocycles. The van der Waals surface area contributed by atoms with E-state index >= 15 is 0 Å². The van der Waals surface area contributed by atoms with Crippen LogP contribution in [0.4, 0.5) is 10.5 Å². The normalized spacial score (nSPS) is 14.0. The zero-order chi connectivity index (χ0) is 13.3. The van der Waals surface area contributed by atoms with Crippen LogP contribution in [0.15, 0.2) is 18.2 Å². The Kier molecular flexibility index (Phi) is 3.00. The monoisotopic (exact) mass is 244 g/mol. The smallest absolute Gasteiger partial charge is 0.410 e. The molecule has 1 heterocycles. The average molecular weight is 244 g/mol. The van der Waals surface area contributed by atoms with Gasteiger partial charge in [0.1, 0.15) is 5.60 Å². The molecule has 1 aliphatic heterocycles. The predicted octanol–water partition coefficient (Wildman–Crippen LogP) is 3.49. The number of hydrogen-bond donors (Lipinski definition) is 0. The zero-order valence-corrected chi connectivity index (χ0v) is 10.9. The van der Waals surface area contributed by atoms with Crippen LogP contribution in [0.1, 0.15) is 31.9 Å². The molecule has 18 heavy (non-hydrogen) atoms. The number of carbonyl (C=O) groups is 1. The van der Waals surface area contributed by atoms with E-state index in [4.69, 9.17) is 11.3 Å². The van der Waals surface area contributed by atoms with Crippen molar-refractivity contribution >= 4 is 11.8 Å². The first-order valence-electron chi connectivity index (χ1n) is 5.86. The Labute approximate surface area is 107 Å². The van der Waals surface area contributed by atoms with Gasteiger partial charge in [-0.3, -0.25) is 4.90 Å². The van der Waals surface area contributed by atoms with Crippen LogP contribution >= 0.6 is 0 Å². The maximum atomic E-state index is 11.9. The van der Waals surface area contributed by atoms with Gasteiger partial charge in [-0.1, -0.05) is 18.2 Å². The molecule has 1 aromatic rings. The number of carbonyl (C=O) groups excluding carboxylic acids is 1. The summed E-state index contributed by atoms with van der Waals surface area (Å²) in [4.78, 5) is 17.0. The third-order valence-corrected chi connectivity index (χ3v) is 2.69. The maximum Gasteiger partial charge on any atom is 0.410 e. The summed E-state index contributed by atoms with van der Waals surface area (Å²) in [5.41, 5.74) is 2.26. The molecule has 1 aliphatic rings. The van der Waals surface area contributed by atoms with Crippen LogP contribution < -0.4 is 0 Å². The highest BCUT2D eigenvalue weighted by atomic mass is 16.6. The summed E-state index contributed by atoms with van der Waals surface area (Å²) in [7, 11) is 0. The van der Waals surface area contributed by atoms with Gasteiger partial charge in [0.15, 0.2) is 5.69 Å². The van der Waals surface area contributed by atoms with Gasteiger partial charge in [0.2, 0.25) is 0 Å². The van der Waals surface area contributed by atoms with E-state index in [0.29, 0.717) is 18.8 Å². The quantitative estimate of drug-likeness (QED) is 0.655. The highest BCUT2D eigenvalue weighted by Crippen LogP contribution is 2.28. The van der Waals surface area contributed by atoms with E-state index in [1.807, 2.05) is 32.9 Å². The van der Waals surface area contributed by atoms with Crippen LogP contribution in [-0.4, -0.2) is 16.6 Å². The minimum atomic E-state index is -0.479. The lowest BCUT2D eigenvalue weighted by Crippen LogP contribution is -2.33. The fourth-order valence-electron chi connectivity index (χ4n) is 1.91. The van der Waals surface area contributed by atoms with Crippen molar-refractivity contribution in [3.8, 4) is 0 Å². The van der Waals surface area contributed by atoms with Gasteiger partial charge in [-0.25, -0.2) is 9.64 Å². The first-order valence-corrected chi connectivity index (χ1v) is 5.86. The summed E-state index contributed by atoms with van der Waals surface area (Å²) in [6, 6.07) is 5.53. The molecule has 0 fully saturated rings. The van der Waals surface area contributed by atoms with Crippen molar-refractivity contribution in [3.05, 3.63) is 40.7 Å². The van der Waals surface area contributed by atoms with Crippen molar-refractivity contribution in [1.82, 2.24) is 4.90 Å². The Morgan fingerprint density at radius 3 is 2.61 bits per heavy atom. The molecule has 4 nitrogen and oxygen atoms in total. The molecule has 1 aromatic carbocycles. The molecule has 0 N–H and O–H groups in total. The van der Waals surface area contributed by atoms with Crippen LogP contribution in [-0.2, 0) is 17.8 Å². The van der Waals surface area contributed by atoms with Crippen molar-refractivity contribution < 1.29 is 9.53 Å². The zero-order valence-electron chi connectivity index (χ0n) is 10.9. The molecule has 0 saturated carbocycles. The Hall–Kier alpha value is -2.02. The van der Waals surface area contributed by atoms with E-state index in [1.165, 1.54) is 0 Å². The number of nitrogens with zero attached hydrogens (tertiary/aromatic N) is 2. The highest BCUT2D eigenvalue weighted by molar-refractivity contribution is 5.69. The van der Waals surface area contributed by atoms with Crippen LogP contribution in [0, 0.1) is 6.57 Å². The summed E-state index contributed by atoms with van der Waals surface area (Å²) in [5.74, 6) is 0. The fraction of sp³-hybridized carbons (Fsp3) is 0.429. The summed E-state index contributed by atoms with van der Waals surface area (Å²) in [6.07, 6.45) is -0.303. The highest BCUT2D eigenvalue weighted by Gasteiger charge is 2.27. The fourth-order valence-corrected chi connectivity index (χ4v) is 1.91. The van der Waals surface area contributed by atoms with E-state index in [1.54, 1.807) is 11.0 Å². The lowest BCUT2D eigenvalue weighted by Gasteiger charge is -2.24. The minimum Gasteiger partial charge on any atom is -0.444 e. The van der Waals surface area contributed by atoms with Crippen LogP contribution in [0.5, 0.6) is 0 Å². The molecular formula is C14H16N2O2. The largest absolute Gasteiger partial charge is 0.444 e. The van der Waals surface area contributed by atoms with Crippen LogP contribution in [0.25, 0.3) is 4.85 Å². The van der Waals surface area contributed by atoms with Crippen LogP contribution in [0.3, 0.4) is 0 Å². The predicted molar refractivity (Wildman–Crippen MR) is 68.2 cm³/mol. The van der Waals surface area contributed by atoms with E-state index in [0.717, 1.165) is 11.1 Å². The van der Waals surface area contributed by atoms with Gasteiger partial charge in [0.05, 0.1) is 6.57 Å². The van der Waals surface area contributed by atoms with Gasteiger partial charge in [-0.05, 0) is 31.9 Å². The number of hydrogen-bond acceptors (Lipinski definition) is 2. The molecule has 1 amide bonds. The Morgan fingerprint density at radius 1 is 1.33 bits per heavy atom. The number of fused-ring (bicyclic) bond motifs is 1. The molecule has 94 valence electrons. The third kappa shape index (κ3) is 2.62. The van der Waals surface area contributed by atoms with Crippen molar-refractivity contribution in [2.24, 2.45) is 0 Å². The van der Waals surface area contributed by atoms with Crippen molar-refractivity contribution in [2.75, 3.05) is 0 Å². The first kappa shape index (κ1) is 12.4. The second kappa shape index (κ2) is 4.34. The summed E-state index contributed by atoms with van der Waals surface area (Å²) in [6.45, 7) is 13.6. The summed E-state index contributed by atoms with van der Waals surface area (Å²) in [5, 5.41) is 0. The van der Waals surface area contributed by atoms with Crippen molar-refractivity contribution in [3.63, 3.8) is 0 Å². The molecule has 0 spiro atoms. The molecule has 0 saturated heterocycles. The van der Waals surface area contributed by atoms with Gasteiger partial charge >= 0.3 is 6.09 Å². The Balaban J connectivity index is 2.11. The van der Waals surface area contributed by atoms with E-state index in [-0.39, 0.29) is 6.09 Å². The van der Waals surface area contributed by atoms with E-state index < -0.39 is 5.60 Å². The van der Waals surface area contributed by atoms with E-state index in [2.05, 4.69) is 4.85 Å². The third-order valence-electron chi connectivity index (χ3n) is 2.69. The average Bonchev–Trinajstić information content (AvgIpc) is 2.69. The van der Waals surface area contributed by atoms with Crippen molar-refractivity contribution in [1.29, 1.82) is 0 Å². The van der Waals surface area contributed by atoms with Crippen molar-refractivity contribution in [2.45, 2.75) is 39.5 Å². The Bertz CT molecular complexity index is 524. The number of benzene rings is 1. The molecule has 2 rings (SSSR count). The Morgan fingerprint density at radius 2 is 2.00 bits per heavy atom. The summed E-state index contributed by atoms with van der Waals surface area (Å²) >= 11 is 0. The maximum absolute atomic E-state index is 11.9. The lowest BCUT2D eigenvalue weighted by atomic mass is 10.1. The second-order valence-electron chi connectivity index (χ2n) is 5.40. The van der Waals surface area contributed by atoms with Gasteiger partial charge in [0, 0.05) is 13.1 Å². The van der Waals surface area contributed by atoms with Gasteiger partial charge in [-0.15, -0.1) is 0 Å². The number of amides is 1. The SMILES string of the molecule is [C-]#[N+]c1ccc2c(c1)CN(C(=O)OC(C)(C)C)C2. The molecule has 0 radical (unpaired) electrons.